The smallest absolute Gasteiger partial charge is 0.0541 e. The molecule has 2 N–H and O–H groups in total. The molecule has 0 aromatic carbocycles. The molecule has 1 aliphatic rings. The van der Waals surface area contributed by atoms with Crippen LogP contribution in [0, 0.1) is 5.41 Å². The highest BCUT2D eigenvalue weighted by Crippen LogP contribution is 2.47. The summed E-state index contributed by atoms with van der Waals surface area (Å²) in [6.45, 7) is 2.14. The van der Waals surface area contributed by atoms with Crippen LogP contribution in [0.15, 0.2) is 24.4 Å². The van der Waals surface area contributed by atoms with Crippen molar-refractivity contribution in [3.63, 3.8) is 0 Å². The molecular formula is C12H18N2O. The molecule has 2 rings (SSSR count). The molecule has 0 unspecified atom stereocenters. The van der Waals surface area contributed by atoms with Crippen LogP contribution >= 0.6 is 0 Å². The predicted octanol–water partition coefficient (Wildman–Crippen LogP) is 1.33. The molecule has 1 heterocycles. The Bertz CT molecular complexity index is 296. The summed E-state index contributed by atoms with van der Waals surface area (Å²) in [6.07, 6.45) is 5.26. The maximum absolute atomic E-state index is 8.92. The van der Waals surface area contributed by atoms with Crippen LogP contribution in [0.25, 0.3) is 0 Å². The highest BCUT2D eigenvalue weighted by atomic mass is 16.3. The van der Waals surface area contributed by atoms with Gasteiger partial charge in [0.15, 0.2) is 0 Å². The minimum atomic E-state index is 0.311. The van der Waals surface area contributed by atoms with Crippen molar-refractivity contribution < 1.29 is 5.11 Å². The summed E-state index contributed by atoms with van der Waals surface area (Å²) in [5.74, 6) is 0. The summed E-state index contributed by atoms with van der Waals surface area (Å²) in [7, 11) is 0. The van der Waals surface area contributed by atoms with Gasteiger partial charge in [0.05, 0.1) is 5.69 Å². The summed E-state index contributed by atoms with van der Waals surface area (Å²) in [5.41, 5.74) is 1.47. The van der Waals surface area contributed by atoms with E-state index in [-0.39, 0.29) is 0 Å². The van der Waals surface area contributed by atoms with Gasteiger partial charge in [-0.05, 0) is 36.8 Å². The summed E-state index contributed by atoms with van der Waals surface area (Å²) >= 11 is 0. The summed E-state index contributed by atoms with van der Waals surface area (Å²) in [4.78, 5) is 4.25. The second-order valence-corrected chi connectivity index (χ2v) is 4.40. The molecule has 1 aromatic rings. The molecule has 3 nitrogen and oxygen atoms in total. The van der Waals surface area contributed by atoms with Crippen molar-refractivity contribution in [3.8, 4) is 0 Å². The lowest BCUT2D eigenvalue weighted by molar-refractivity contribution is 0.245. The molecule has 1 saturated carbocycles. The topological polar surface area (TPSA) is 45.1 Å². The van der Waals surface area contributed by atoms with E-state index in [9.17, 15) is 0 Å². The van der Waals surface area contributed by atoms with Gasteiger partial charge >= 0.3 is 0 Å². The Balaban J connectivity index is 1.71. The van der Waals surface area contributed by atoms with Crippen molar-refractivity contribution in [2.75, 3.05) is 13.2 Å². The van der Waals surface area contributed by atoms with E-state index < -0.39 is 0 Å². The Labute approximate surface area is 90.5 Å². The van der Waals surface area contributed by atoms with Crippen LogP contribution in [0.3, 0.4) is 0 Å². The van der Waals surface area contributed by atoms with Gasteiger partial charge in [-0.25, -0.2) is 0 Å². The van der Waals surface area contributed by atoms with Crippen LogP contribution in [0.1, 0.15) is 25.0 Å². The van der Waals surface area contributed by atoms with Crippen LogP contribution in [0.4, 0.5) is 0 Å². The standard InChI is InChI=1S/C12H18N2O/c15-8-6-12(4-5-12)10-13-9-11-3-1-2-7-14-11/h1-3,7,13,15H,4-6,8-10H2. The number of hydrogen-bond acceptors (Lipinski definition) is 3. The van der Waals surface area contributed by atoms with Crippen molar-refractivity contribution >= 4 is 0 Å². The van der Waals surface area contributed by atoms with E-state index in [0.29, 0.717) is 12.0 Å². The van der Waals surface area contributed by atoms with E-state index in [4.69, 9.17) is 5.11 Å². The first-order chi connectivity index (χ1) is 7.35. The maximum atomic E-state index is 8.92. The molecule has 82 valence electrons. The van der Waals surface area contributed by atoms with E-state index in [1.54, 1.807) is 0 Å². The lowest BCUT2D eigenvalue weighted by Gasteiger charge is -2.14. The first-order valence-corrected chi connectivity index (χ1v) is 5.56. The van der Waals surface area contributed by atoms with E-state index in [1.165, 1.54) is 12.8 Å². The number of aromatic nitrogens is 1. The van der Waals surface area contributed by atoms with E-state index in [2.05, 4.69) is 10.3 Å². The van der Waals surface area contributed by atoms with Crippen molar-refractivity contribution in [2.45, 2.75) is 25.8 Å². The minimum absolute atomic E-state index is 0.311. The molecule has 1 fully saturated rings. The number of aliphatic hydroxyl groups excluding tert-OH is 1. The van der Waals surface area contributed by atoms with Gasteiger partial charge in [0, 0.05) is 25.9 Å². The molecule has 0 spiro atoms. The molecule has 15 heavy (non-hydrogen) atoms. The quantitative estimate of drug-likeness (QED) is 0.738. The molecule has 0 atom stereocenters. The Morgan fingerprint density at radius 1 is 1.40 bits per heavy atom. The van der Waals surface area contributed by atoms with Gasteiger partial charge in [0.2, 0.25) is 0 Å². The summed E-state index contributed by atoms with van der Waals surface area (Å²) in [6, 6.07) is 5.96. The normalized spacial score (nSPS) is 17.7. The van der Waals surface area contributed by atoms with Crippen LogP contribution in [0.5, 0.6) is 0 Å². The SMILES string of the molecule is OCCC1(CNCc2ccccn2)CC1. The number of pyridine rings is 1. The number of nitrogens with one attached hydrogen (secondary N) is 1. The molecule has 0 radical (unpaired) electrons. The molecule has 0 amide bonds. The lowest BCUT2D eigenvalue weighted by atomic mass is 10.0. The fraction of sp³-hybridized carbons (Fsp3) is 0.583. The van der Waals surface area contributed by atoms with Gasteiger partial charge in [0.1, 0.15) is 0 Å². The predicted molar refractivity (Wildman–Crippen MR) is 59.3 cm³/mol. The van der Waals surface area contributed by atoms with E-state index in [0.717, 1.165) is 25.2 Å². The highest BCUT2D eigenvalue weighted by Gasteiger charge is 2.41. The molecule has 1 aromatic heterocycles. The van der Waals surface area contributed by atoms with Gasteiger partial charge in [-0.3, -0.25) is 4.98 Å². The Kier molecular flexibility index (Phi) is 3.34. The Hall–Kier alpha value is -0.930. The number of rotatable bonds is 6. The molecule has 0 saturated heterocycles. The second kappa shape index (κ2) is 4.73. The largest absolute Gasteiger partial charge is 0.396 e. The third kappa shape index (κ3) is 3.01. The third-order valence-corrected chi connectivity index (χ3v) is 3.13. The van der Waals surface area contributed by atoms with Crippen molar-refractivity contribution in [3.05, 3.63) is 30.1 Å². The minimum Gasteiger partial charge on any atom is -0.396 e. The van der Waals surface area contributed by atoms with Crippen molar-refractivity contribution in [2.24, 2.45) is 5.41 Å². The van der Waals surface area contributed by atoms with E-state index in [1.807, 2.05) is 24.4 Å². The highest BCUT2D eigenvalue weighted by molar-refractivity contribution is 5.03. The molecule has 0 aliphatic heterocycles. The summed E-state index contributed by atoms with van der Waals surface area (Å²) < 4.78 is 0. The van der Waals surface area contributed by atoms with Gasteiger partial charge in [0.25, 0.3) is 0 Å². The Morgan fingerprint density at radius 2 is 2.27 bits per heavy atom. The maximum Gasteiger partial charge on any atom is 0.0541 e. The zero-order valence-corrected chi connectivity index (χ0v) is 8.95. The van der Waals surface area contributed by atoms with Crippen molar-refractivity contribution in [1.29, 1.82) is 0 Å². The van der Waals surface area contributed by atoms with Gasteiger partial charge < -0.3 is 10.4 Å². The number of aliphatic hydroxyl groups is 1. The zero-order chi connectivity index (χ0) is 10.6. The number of hydrogen-bond donors (Lipinski definition) is 2. The monoisotopic (exact) mass is 206 g/mol. The Morgan fingerprint density at radius 3 is 2.87 bits per heavy atom. The van der Waals surface area contributed by atoms with Crippen LogP contribution in [-0.4, -0.2) is 23.2 Å². The molecule has 1 aliphatic carbocycles. The average Bonchev–Trinajstić information content (AvgIpc) is 3.00. The number of nitrogens with zero attached hydrogens (tertiary/aromatic N) is 1. The molecule has 0 bridgehead atoms. The fourth-order valence-electron chi connectivity index (χ4n) is 1.89. The van der Waals surface area contributed by atoms with Crippen LogP contribution < -0.4 is 5.32 Å². The van der Waals surface area contributed by atoms with E-state index >= 15 is 0 Å². The second-order valence-electron chi connectivity index (χ2n) is 4.40. The average molecular weight is 206 g/mol. The first kappa shape index (κ1) is 10.6. The first-order valence-electron chi connectivity index (χ1n) is 5.56. The fourth-order valence-corrected chi connectivity index (χ4v) is 1.89. The molecular weight excluding hydrogens is 188 g/mol. The summed E-state index contributed by atoms with van der Waals surface area (Å²) in [5, 5.41) is 12.3. The van der Waals surface area contributed by atoms with Gasteiger partial charge in [-0.2, -0.15) is 0 Å². The van der Waals surface area contributed by atoms with Gasteiger partial charge in [-0.1, -0.05) is 6.07 Å². The van der Waals surface area contributed by atoms with Crippen LogP contribution in [0.2, 0.25) is 0 Å². The molecule has 3 heteroatoms. The lowest BCUT2D eigenvalue weighted by Crippen LogP contribution is -2.24. The third-order valence-electron chi connectivity index (χ3n) is 3.13. The van der Waals surface area contributed by atoms with Crippen molar-refractivity contribution in [1.82, 2.24) is 10.3 Å². The van der Waals surface area contributed by atoms with Gasteiger partial charge in [-0.15, -0.1) is 0 Å². The zero-order valence-electron chi connectivity index (χ0n) is 8.95. The van der Waals surface area contributed by atoms with Crippen LogP contribution in [-0.2, 0) is 6.54 Å².